The minimum absolute atomic E-state index is 0.211. The number of halogens is 5. The van der Waals surface area contributed by atoms with E-state index in [2.05, 4.69) is 58.3 Å². The lowest BCUT2D eigenvalue weighted by Gasteiger charge is -2.09. The molecule has 29 heavy (non-hydrogen) atoms. The molecule has 1 N–H and O–H groups in total. The quantitative estimate of drug-likeness (QED) is 0.236. The van der Waals surface area contributed by atoms with Gasteiger partial charge in [0.05, 0.1) is 25.2 Å². The van der Waals surface area contributed by atoms with Gasteiger partial charge >= 0.3 is 0 Å². The van der Waals surface area contributed by atoms with Gasteiger partial charge in [-0.1, -0.05) is 45.2 Å². The van der Waals surface area contributed by atoms with E-state index in [1.807, 2.05) is 12.1 Å². The molecule has 0 saturated carbocycles. The van der Waals surface area contributed by atoms with Gasteiger partial charge in [0.2, 0.25) is 0 Å². The molecular formula is C19H11Br3Cl2N2O3. The normalized spacial score (nSPS) is 11.1. The third kappa shape index (κ3) is 5.86. The molecule has 2 aromatic carbocycles. The van der Waals surface area contributed by atoms with Crippen molar-refractivity contribution in [2.75, 3.05) is 6.61 Å². The first-order valence-electron chi connectivity index (χ1n) is 7.98. The highest BCUT2D eigenvalue weighted by atomic mass is 79.9. The maximum atomic E-state index is 12.0. The second kappa shape index (κ2) is 10.1. The SMILES string of the molecule is O=C(COc1c(Br)cc(Br)cc1Br)N/N=C\c1ccc(-c2cccc(Cl)c2Cl)o1. The number of hydrogen-bond acceptors (Lipinski definition) is 4. The van der Waals surface area contributed by atoms with E-state index in [-0.39, 0.29) is 6.61 Å². The van der Waals surface area contributed by atoms with E-state index in [9.17, 15) is 4.79 Å². The zero-order valence-electron chi connectivity index (χ0n) is 14.4. The molecular weight excluding hydrogens is 615 g/mol. The van der Waals surface area contributed by atoms with Crippen LogP contribution in [0.4, 0.5) is 0 Å². The van der Waals surface area contributed by atoms with Crippen LogP contribution >= 0.6 is 71.0 Å². The van der Waals surface area contributed by atoms with E-state index in [0.29, 0.717) is 41.8 Å². The Kier molecular flexibility index (Phi) is 7.81. The van der Waals surface area contributed by atoms with Crippen LogP contribution in [0.25, 0.3) is 11.3 Å². The van der Waals surface area contributed by atoms with Crippen LogP contribution in [0, 0.1) is 0 Å². The maximum absolute atomic E-state index is 12.0. The molecule has 10 heteroatoms. The molecule has 1 aromatic heterocycles. The van der Waals surface area contributed by atoms with Gasteiger partial charge < -0.3 is 9.15 Å². The van der Waals surface area contributed by atoms with Crippen molar-refractivity contribution in [3.8, 4) is 17.1 Å². The molecule has 0 unspecified atom stereocenters. The molecule has 0 aliphatic rings. The van der Waals surface area contributed by atoms with Crippen molar-refractivity contribution in [1.82, 2.24) is 5.43 Å². The predicted octanol–water partition coefficient (Wildman–Crippen LogP) is 7.07. The van der Waals surface area contributed by atoms with Crippen LogP contribution in [0.3, 0.4) is 0 Å². The lowest BCUT2D eigenvalue weighted by atomic mass is 10.2. The third-order valence-corrected chi connectivity index (χ3v) is 5.99. The van der Waals surface area contributed by atoms with Crippen molar-refractivity contribution in [3.63, 3.8) is 0 Å². The summed E-state index contributed by atoms with van der Waals surface area (Å²) >= 11 is 22.4. The Morgan fingerprint density at radius 2 is 1.86 bits per heavy atom. The van der Waals surface area contributed by atoms with Crippen molar-refractivity contribution >= 4 is 83.1 Å². The summed E-state index contributed by atoms with van der Waals surface area (Å²) in [5.41, 5.74) is 3.05. The van der Waals surface area contributed by atoms with Crippen LogP contribution in [0.15, 0.2) is 65.4 Å². The number of nitrogens with one attached hydrogen (secondary N) is 1. The number of furan rings is 1. The van der Waals surface area contributed by atoms with Crippen LogP contribution in [-0.4, -0.2) is 18.7 Å². The molecule has 0 fully saturated rings. The van der Waals surface area contributed by atoms with Gasteiger partial charge in [0.1, 0.15) is 17.3 Å². The molecule has 5 nitrogen and oxygen atoms in total. The summed E-state index contributed by atoms with van der Waals surface area (Å²) in [5, 5.41) is 4.71. The van der Waals surface area contributed by atoms with Crippen LogP contribution in [0.2, 0.25) is 10.0 Å². The average Bonchev–Trinajstić information content (AvgIpc) is 3.11. The Balaban J connectivity index is 1.57. The van der Waals surface area contributed by atoms with Crippen molar-refractivity contribution in [3.05, 3.63) is 71.7 Å². The van der Waals surface area contributed by atoms with Gasteiger partial charge in [0.25, 0.3) is 5.91 Å². The maximum Gasteiger partial charge on any atom is 0.277 e. The monoisotopic (exact) mass is 622 g/mol. The molecule has 3 rings (SSSR count). The van der Waals surface area contributed by atoms with E-state index in [4.69, 9.17) is 32.4 Å². The second-order valence-corrected chi connectivity index (χ2v) is 8.99. The van der Waals surface area contributed by atoms with Gasteiger partial charge in [-0.25, -0.2) is 5.43 Å². The zero-order valence-corrected chi connectivity index (χ0v) is 20.7. The van der Waals surface area contributed by atoms with Gasteiger partial charge in [-0.3, -0.25) is 4.79 Å². The van der Waals surface area contributed by atoms with Crippen LogP contribution < -0.4 is 10.2 Å². The summed E-state index contributed by atoms with van der Waals surface area (Å²) in [6.07, 6.45) is 1.38. The molecule has 0 spiro atoms. The summed E-state index contributed by atoms with van der Waals surface area (Å²) in [5.74, 6) is 1.07. The van der Waals surface area contributed by atoms with E-state index in [1.165, 1.54) is 6.21 Å². The Labute approximate surface area is 201 Å². The number of carbonyl (C=O) groups is 1. The number of benzene rings is 2. The molecule has 3 aromatic rings. The number of carbonyl (C=O) groups excluding carboxylic acids is 1. The predicted molar refractivity (Wildman–Crippen MR) is 125 cm³/mol. The fraction of sp³-hybridized carbons (Fsp3) is 0.0526. The number of hydrogen-bond donors (Lipinski definition) is 1. The summed E-state index contributed by atoms with van der Waals surface area (Å²) in [7, 11) is 0. The van der Waals surface area contributed by atoms with Crippen LogP contribution in [0.5, 0.6) is 5.75 Å². The van der Waals surface area contributed by atoms with E-state index < -0.39 is 5.91 Å². The zero-order chi connectivity index (χ0) is 21.0. The largest absolute Gasteiger partial charge is 0.481 e. The van der Waals surface area contributed by atoms with Gasteiger partial charge in [-0.2, -0.15) is 5.10 Å². The highest BCUT2D eigenvalue weighted by Gasteiger charge is 2.12. The van der Waals surface area contributed by atoms with Crippen LogP contribution in [-0.2, 0) is 4.79 Å². The van der Waals surface area contributed by atoms with Gasteiger partial charge in [-0.05, 0) is 68.3 Å². The second-order valence-electron chi connectivity index (χ2n) is 5.58. The van der Waals surface area contributed by atoms with Gasteiger partial charge in [-0.15, -0.1) is 0 Å². The molecule has 1 heterocycles. The Hall–Kier alpha value is -1.32. The minimum Gasteiger partial charge on any atom is -0.481 e. The molecule has 0 radical (unpaired) electrons. The average molecular weight is 626 g/mol. The molecule has 0 saturated heterocycles. The molecule has 150 valence electrons. The first-order valence-corrected chi connectivity index (χ1v) is 11.1. The molecule has 0 aliphatic heterocycles. The number of amides is 1. The van der Waals surface area contributed by atoms with Gasteiger partial charge in [0.15, 0.2) is 6.61 Å². The summed E-state index contributed by atoms with van der Waals surface area (Å²) in [6.45, 7) is -0.211. The fourth-order valence-corrected chi connectivity index (χ4v) is 5.15. The Morgan fingerprint density at radius 1 is 1.14 bits per heavy atom. The smallest absolute Gasteiger partial charge is 0.277 e. The van der Waals surface area contributed by atoms with Crippen molar-refractivity contribution in [2.45, 2.75) is 0 Å². The lowest BCUT2D eigenvalue weighted by Crippen LogP contribution is -2.24. The molecule has 1 amide bonds. The standard InChI is InChI=1S/C19H11Br3Cl2N2O3/c20-10-6-13(21)19(14(22)7-10)28-9-17(27)26-25-8-11-4-5-16(29-11)12-2-1-3-15(23)18(12)24/h1-8H,9H2,(H,26,27)/b25-8-. The number of nitrogens with zero attached hydrogens (tertiary/aromatic N) is 1. The number of rotatable bonds is 6. The summed E-state index contributed by atoms with van der Waals surface area (Å²) in [6, 6.07) is 12.4. The fourth-order valence-electron chi connectivity index (χ4n) is 2.27. The number of ether oxygens (including phenoxy) is 1. The molecule has 0 atom stereocenters. The molecule has 0 bridgehead atoms. The summed E-state index contributed by atoms with van der Waals surface area (Å²) < 4.78 is 13.5. The summed E-state index contributed by atoms with van der Waals surface area (Å²) in [4.78, 5) is 12.0. The van der Waals surface area contributed by atoms with E-state index in [0.717, 1.165) is 4.47 Å². The Morgan fingerprint density at radius 3 is 2.59 bits per heavy atom. The van der Waals surface area contributed by atoms with E-state index in [1.54, 1.807) is 30.3 Å². The first kappa shape index (κ1) is 22.4. The Bertz CT molecular complexity index is 1060. The minimum atomic E-state index is -0.423. The van der Waals surface area contributed by atoms with Crippen molar-refractivity contribution in [1.29, 1.82) is 0 Å². The lowest BCUT2D eigenvalue weighted by molar-refractivity contribution is -0.123. The number of hydrazone groups is 1. The van der Waals surface area contributed by atoms with Crippen LogP contribution in [0.1, 0.15) is 5.76 Å². The highest BCUT2D eigenvalue weighted by molar-refractivity contribution is 9.11. The van der Waals surface area contributed by atoms with Gasteiger partial charge in [0, 0.05) is 10.0 Å². The molecule has 0 aliphatic carbocycles. The highest BCUT2D eigenvalue weighted by Crippen LogP contribution is 2.36. The van der Waals surface area contributed by atoms with Crippen molar-refractivity contribution in [2.24, 2.45) is 5.10 Å². The van der Waals surface area contributed by atoms with E-state index >= 15 is 0 Å². The topological polar surface area (TPSA) is 63.8 Å². The van der Waals surface area contributed by atoms with Crippen molar-refractivity contribution < 1.29 is 13.9 Å². The third-order valence-electron chi connectivity index (χ3n) is 3.54. The first-order chi connectivity index (χ1) is 13.8.